The molecule has 2 N–H and O–H groups in total. The highest BCUT2D eigenvalue weighted by molar-refractivity contribution is 7.98. The number of thioether (sulfide) groups is 1. The number of aromatic nitrogens is 2. The van der Waals surface area contributed by atoms with Gasteiger partial charge in [-0.2, -0.15) is 0 Å². The van der Waals surface area contributed by atoms with Crippen LogP contribution in [0.25, 0.3) is 0 Å². The molecule has 0 saturated carbocycles. The van der Waals surface area contributed by atoms with Gasteiger partial charge in [0, 0.05) is 6.54 Å². The van der Waals surface area contributed by atoms with E-state index in [-0.39, 0.29) is 0 Å². The van der Waals surface area contributed by atoms with Crippen molar-refractivity contribution in [2.45, 2.75) is 11.6 Å². The number of nitrogens with two attached hydrogens (primary N) is 1. The molecule has 1 heterocycles. The highest BCUT2D eigenvalue weighted by Crippen LogP contribution is 2.18. The first-order valence-corrected chi connectivity index (χ1v) is 4.43. The molecular weight excluding hydrogens is 154 g/mol. The molecule has 0 radical (unpaired) electrons. The highest BCUT2D eigenvalue weighted by atomic mass is 32.2. The van der Waals surface area contributed by atoms with Crippen LogP contribution in [-0.2, 0) is 6.54 Å². The number of hydrogen-bond donors (Lipinski definition) is 1. The second kappa shape index (κ2) is 3.14. The van der Waals surface area contributed by atoms with Crippen molar-refractivity contribution in [2.75, 3.05) is 6.26 Å². The van der Waals surface area contributed by atoms with Gasteiger partial charge in [0.25, 0.3) is 0 Å². The van der Waals surface area contributed by atoms with E-state index in [4.69, 9.17) is 5.73 Å². The van der Waals surface area contributed by atoms with Crippen LogP contribution < -0.4 is 5.73 Å². The Morgan fingerprint density at radius 2 is 2.56 bits per heavy atom. The molecule has 0 atom stereocenters. The van der Waals surface area contributed by atoms with Crippen molar-refractivity contribution in [1.29, 1.82) is 0 Å². The molecule has 0 spiro atoms. The lowest BCUT2D eigenvalue weighted by molar-refractivity contribution is 0.974. The molecule has 50 valence electrons. The summed E-state index contributed by atoms with van der Waals surface area (Å²) >= 11 is 2.95. The van der Waals surface area contributed by atoms with E-state index >= 15 is 0 Å². The van der Waals surface area contributed by atoms with Gasteiger partial charge in [-0.25, -0.2) is 0 Å². The van der Waals surface area contributed by atoms with E-state index in [1.54, 1.807) is 11.8 Å². The van der Waals surface area contributed by atoms with Crippen LogP contribution in [0.5, 0.6) is 0 Å². The van der Waals surface area contributed by atoms with Crippen LogP contribution in [-0.4, -0.2) is 15.8 Å². The normalized spacial score (nSPS) is 10.0. The quantitative estimate of drug-likeness (QED) is 0.649. The summed E-state index contributed by atoms with van der Waals surface area (Å²) in [6, 6.07) is 0. The summed E-state index contributed by atoms with van der Waals surface area (Å²) in [5, 5.41) is 4.82. The second-order valence-electron chi connectivity index (χ2n) is 1.41. The molecule has 0 aliphatic rings. The van der Waals surface area contributed by atoms with Gasteiger partial charge in [-0.3, -0.25) is 0 Å². The van der Waals surface area contributed by atoms with Crippen LogP contribution in [0.2, 0.25) is 0 Å². The fourth-order valence-corrected chi connectivity index (χ4v) is 1.74. The summed E-state index contributed by atoms with van der Waals surface area (Å²) in [5.74, 6) is 0. The zero-order valence-electron chi connectivity index (χ0n) is 5.00. The lowest BCUT2D eigenvalue weighted by atomic mass is 10.6. The molecule has 0 bridgehead atoms. The molecule has 9 heavy (non-hydrogen) atoms. The van der Waals surface area contributed by atoms with Gasteiger partial charge in [-0.05, 0) is 17.8 Å². The first-order valence-electron chi connectivity index (χ1n) is 2.43. The minimum absolute atomic E-state index is 0.549. The van der Waals surface area contributed by atoms with Crippen molar-refractivity contribution in [3.05, 3.63) is 4.88 Å². The van der Waals surface area contributed by atoms with E-state index in [2.05, 4.69) is 9.59 Å². The maximum Gasteiger partial charge on any atom is 0.135 e. The SMILES string of the molecule is CSc1nnsc1CN. The molecule has 3 nitrogen and oxygen atoms in total. The molecule has 0 aliphatic carbocycles. The van der Waals surface area contributed by atoms with Crippen molar-refractivity contribution < 1.29 is 0 Å². The van der Waals surface area contributed by atoms with E-state index in [1.165, 1.54) is 11.5 Å². The van der Waals surface area contributed by atoms with Crippen LogP contribution >= 0.6 is 23.3 Å². The smallest absolute Gasteiger partial charge is 0.135 e. The zero-order valence-corrected chi connectivity index (χ0v) is 6.63. The van der Waals surface area contributed by atoms with Gasteiger partial charge in [-0.15, -0.1) is 16.9 Å². The van der Waals surface area contributed by atoms with Crippen LogP contribution in [0.3, 0.4) is 0 Å². The third-order valence-electron chi connectivity index (χ3n) is 0.900. The average Bonchev–Trinajstić information content (AvgIpc) is 2.33. The van der Waals surface area contributed by atoms with Gasteiger partial charge in [-0.1, -0.05) is 4.49 Å². The molecule has 0 aliphatic heterocycles. The Labute approximate surface area is 61.8 Å². The lowest BCUT2D eigenvalue weighted by Crippen LogP contribution is -1.93. The second-order valence-corrected chi connectivity index (χ2v) is 3.04. The van der Waals surface area contributed by atoms with Crippen LogP contribution in [0.1, 0.15) is 4.88 Å². The first-order chi connectivity index (χ1) is 4.38. The minimum atomic E-state index is 0.549. The van der Waals surface area contributed by atoms with Crippen LogP contribution in [0.15, 0.2) is 5.03 Å². The molecule has 1 aromatic heterocycles. The fourth-order valence-electron chi connectivity index (χ4n) is 0.481. The molecule has 0 saturated heterocycles. The van der Waals surface area contributed by atoms with E-state index in [0.29, 0.717) is 6.54 Å². The summed E-state index contributed by atoms with van der Waals surface area (Å²) in [6.07, 6.45) is 1.97. The molecule has 5 heteroatoms. The molecule has 0 amide bonds. The fraction of sp³-hybridized carbons (Fsp3) is 0.500. The molecule has 0 fully saturated rings. The first kappa shape index (κ1) is 6.98. The predicted molar refractivity (Wildman–Crippen MR) is 39.6 cm³/mol. The van der Waals surface area contributed by atoms with Gasteiger partial charge < -0.3 is 5.73 Å². The Kier molecular flexibility index (Phi) is 2.44. The van der Waals surface area contributed by atoms with Crippen molar-refractivity contribution in [2.24, 2.45) is 5.73 Å². The number of nitrogens with zero attached hydrogens (tertiary/aromatic N) is 2. The summed E-state index contributed by atoms with van der Waals surface area (Å²) in [4.78, 5) is 1.07. The predicted octanol–water partition coefficient (Wildman–Crippen LogP) is 0.719. The van der Waals surface area contributed by atoms with E-state index in [9.17, 15) is 0 Å². The van der Waals surface area contributed by atoms with Gasteiger partial charge in [0.2, 0.25) is 0 Å². The van der Waals surface area contributed by atoms with Crippen molar-refractivity contribution >= 4 is 23.3 Å². The van der Waals surface area contributed by atoms with Crippen molar-refractivity contribution in [1.82, 2.24) is 9.59 Å². The summed E-state index contributed by atoms with van der Waals surface area (Å²) in [5.41, 5.74) is 5.39. The summed E-state index contributed by atoms with van der Waals surface area (Å²) in [6.45, 7) is 0.549. The van der Waals surface area contributed by atoms with Gasteiger partial charge in [0.05, 0.1) is 4.88 Å². The maximum atomic E-state index is 5.39. The third-order valence-corrected chi connectivity index (χ3v) is 2.49. The van der Waals surface area contributed by atoms with E-state index in [1.807, 2.05) is 6.26 Å². The molecule has 0 unspecified atom stereocenters. The van der Waals surface area contributed by atoms with Crippen LogP contribution in [0.4, 0.5) is 0 Å². The Morgan fingerprint density at radius 3 is 3.00 bits per heavy atom. The Morgan fingerprint density at radius 1 is 1.78 bits per heavy atom. The van der Waals surface area contributed by atoms with Gasteiger partial charge >= 0.3 is 0 Å². The van der Waals surface area contributed by atoms with Gasteiger partial charge in [0.15, 0.2) is 0 Å². The third kappa shape index (κ3) is 1.41. The van der Waals surface area contributed by atoms with E-state index in [0.717, 1.165) is 9.90 Å². The van der Waals surface area contributed by atoms with Crippen molar-refractivity contribution in [3.63, 3.8) is 0 Å². The zero-order chi connectivity index (χ0) is 6.69. The highest BCUT2D eigenvalue weighted by Gasteiger charge is 2.02. The minimum Gasteiger partial charge on any atom is -0.326 e. The topological polar surface area (TPSA) is 51.8 Å². The molecular formula is C4H7N3S2. The number of rotatable bonds is 2. The summed E-state index contributed by atoms with van der Waals surface area (Å²) < 4.78 is 3.75. The van der Waals surface area contributed by atoms with E-state index < -0.39 is 0 Å². The molecule has 1 rings (SSSR count). The van der Waals surface area contributed by atoms with Crippen molar-refractivity contribution in [3.8, 4) is 0 Å². The Balaban J connectivity index is 2.85. The van der Waals surface area contributed by atoms with Gasteiger partial charge in [0.1, 0.15) is 5.03 Å². The lowest BCUT2D eigenvalue weighted by Gasteiger charge is -1.88. The monoisotopic (exact) mass is 161 g/mol. The maximum absolute atomic E-state index is 5.39. The molecule has 0 aromatic carbocycles. The number of hydrogen-bond acceptors (Lipinski definition) is 5. The average molecular weight is 161 g/mol. The Hall–Kier alpha value is -0.130. The standard InChI is InChI=1S/C4H7N3S2/c1-8-4-3(2-5)9-7-6-4/h2,5H2,1H3. The Bertz CT molecular complexity index is 167. The van der Waals surface area contributed by atoms with Crippen LogP contribution in [0, 0.1) is 0 Å². The largest absolute Gasteiger partial charge is 0.326 e. The summed E-state index contributed by atoms with van der Waals surface area (Å²) in [7, 11) is 0. The molecule has 1 aromatic rings.